The minimum atomic E-state index is -0.763. The molecule has 1 aliphatic carbocycles. The summed E-state index contributed by atoms with van der Waals surface area (Å²) >= 11 is 0. The molecular weight excluding hydrogens is 270 g/mol. The van der Waals surface area contributed by atoms with Crippen LogP contribution in [0.5, 0.6) is 5.75 Å². The van der Waals surface area contributed by atoms with E-state index < -0.39 is 5.97 Å². The van der Waals surface area contributed by atoms with Crippen LogP contribution in [0.2, 0.25) is 0 Å². The second-order valence-electron chi connectivity index (χ2n) is 5.42. The zero-order valence-electron chi connectivity index (χ0n) is 12.2. The first-order chi connectivity index (χ1) is 10.1. The Kier molecular flexibility index (Phi) is 5.20. The summed E-state index contributed by atoms with van der Waals surface area (Å²) in [5.41, 5.74) is 1.00. The van der Waals surface area contributed by atoms with Gasteiger partial charge in [-0.05, 0) is 37.3 Å². The van der Waals surface area contributed by atoms with E-state index in [1.807, 2.05) is 24.3 Å². The number of ether oxygens (including phenoxy) is 1. The Labute approximate surface area is 124 Å². The largest absolute Gasteiger partial charge is 0.496 e. The first kappa shape index (κ1) is 15.4. The molecule has 0 spiro atoms. The predicted octanol–water partition coefficient (Wildman–Crippen LogP) is 2.00. The number of para-hydroxylation sites is 1. The summed E-state index contributed by atoms with van der Waals surface area (Å²) in [6.45, 7) is 0. The molecule has 1 saturated carbocycles. The number of hydrogen-bond acceptors (Lipinski definition) is 3. The first-order valence-corrected chi connectivity index (χ1v) is 7.24. The number of benzene rings is 1. The summed E-state index contributed by atoms with van der Waals surface area (Å²) in [6, 6.07) is 7.64. The molecule has 0 unspecified atom stereocenters. The zero-order valence-corrected chi connectivity index (χ0v) is 12.2. The number of carboxylic acids is 1. The second-order valence-corrected chi connectivity index (χ2v) is 5.42. The number of methoxy groups -OCH3 is 1. The Hall–Kier alpha value is -2.04. The van der Waals surface area contributed by atoms with Crippen LogP contribution in [0.4, 0.5) is 0 Å². The number of carbonyl (C=O) groups excluding carboxylic acids is 1. The van der Waals surface area contributed by atoms with Gasteiger partial charge < -0.3 is 15.2 Å². The van der Waals surface area contributed by atoms with Gasteiger partial charge in [-0.3, -0.25) is 9.59 Å². The number of carboxylic acid groups (broad SMARTS) is 1. The molecule has 114 valence electrons. The average molecular weight is 291 g/mol. The summed E-state index contributed by atoms with van der Waals surface area (Å²) in [7, 11) is 1.61. The molecule has 2 N–H and O–H groups in total. The van der Waals surface area contributed by atoms with Crippen molar-refractivity contribution >= 4 is 11.9 Å². The van der Waals surface area contributed by atoms with Crippen LogP contribution in [-0.2, 0) is 16.0 Å². The molecule has 1 fully saturated rings. The van der Waals surface area contributed by atoms with E-state index in [-0.39, 0.29) is 17.9 Å². The van der Waals surface area contributed by atoms with Gasteiger partial charge in [-0.2, -0.15) is 0 Å². The van der Waals surface area contributed by atoms with Crippen molar-refractivity contribution in [3.8, 4) is 5.75 Å². The van der Waals surface area contributed by atoms with Crippen molar-refractivity contribution < 1.29 is 19.4 Å². The van der Waals surface area contributed by atoms with Crippen LogP contribution >= 0.6 is 0 Å². The highest BCUT2D eigenvalue weighted by Gasteiger charge is 2.30. The highest BCUT2D eigenvalue weighted by molar-refractivity contribution is 5.77. The van der Waals surface area contributed by atoms with Gasteiger partial charge in [0.05, 0.1) is 13.0 Å². The zero-order chi connectivity index (χ0) is 15.2. The van der Waals surface area contributed by atoms with Gasteiger partial charge in [-0.25, -0.2) is 0 Å². The van der Waals surface area contributed by atoms with Crippen molar-refractivity contribution in [1.82, 2.24) is 5.32 Å². The Morgan fingerprint density at radius 2 is 2.10 bits per heavy atom. The highest BCUT2D eigenvalue weighted by atomic mass is 16.5. The van der Waals surface area contributed by atoms with Crippen LogP contribution in [0.3, 0.4) is 0 Å². The van der Waals surface area contributed by atoms with E-state index in [9.17, 15) is 9.59 Å². The normalized spacial score (nSPS) is 21.0. The van der Waals surface area contributed by atoms with Gasteiger partial charge in [0.25, 0.3) is 0 Å². The Morgan fingerprint density at radius 1 is 1.33 bits per heavy atom. The maximum absolute atomic E-state index is 11.9. The van der Waals surface area contributed by atoms with E-state index in [1.54, 1.807) is 7.11 Å². The minimum Gasteiger partial charge on any atom is -0.496 e. The summed E-state index contributed by atoms with van der Waals surface area (Å²) < 4.78 is 5.25. The maximum Gasteiger partial charge on any atom is 0.306 e. The summed E-state index contributed by atoms with van der Waals surface area (Å²) in [6.07, 6.45) is 2.93. The van der Waals surface area contributed by atoms with Gasteiger partial charge in [0.1, 0.15) is 5.75 Å². The number of rotatable bonds is 6. The molecule has 2 rings (SSSR count). The molecule has 0 aliphatic heterocycles. The van der Waals surface area contributed by atoms with Crippen molar-refractivity contribution in [3.05, 3.63) is 29.8 Å². The van der Waals surface area contributed by atoms with Gasteiger partial charge in [-0.15, -0.1) is 0 Å². The van der Waals surface area contributed by atoms with Crippen molar-refractivity contribution in [3.63, 3.8) is 0 Å². The van der Waals surface area contributed by atoms with Gasteiger partial charge in [0.15, 0.2) is 0 Å². The standard InChI is InChI=1S/C16H21NO4/c1-21-14-5-3-2-4-11(14)7-9-15(18)17-13-8-6-12(10-13)16(19)20/h2-5,12-13H,6-10H2,1H3,(H,17,18)(H,19,20)/t12-,13+/m0/s1. The van der Waals surface area contributed by atoms with Gasteiger partial charge in [0, 0.05) is 12.5 Å². The number of carbonyl (C=O) groups is 2. The second kappa shape index (κ2) is 7.11. The Bertz CT molecular complexity index is 515. The molecule has 0 aromatic heterocycles. The summed E-state index contributed by atoms with van der Waals surface area (Å²) in [4.78, 5) is 22.8. The third-order valence-corrected chi connectivity index (χ3v) is 3.96. The minimum absolute atomic E-state index is 0.00345. The lowest BCUT2D eigenvalue weighted by molar-refractivity contribution is -0.141. The quantitative estimate of drug-likeness (QED) is 0.840. The third kappa shape index (κ3) is 4.21. The Balaban J connectivity index is 1.79. The number of aliphatic carboxylic acids is 1. The van der Waals surface area contributed by atoms with Crippen LogP contribution < -0.4 is 10.1 Å². The van der Waals surface area contributed by atoms with Crippen molar-refractivity contribution in [2.75, 3.05) is 7.11 Å². The summed E-state index contributed by atoms with van der Waals surface area (Å²) in [5, 5.41) is 11.9. The van der Waals surface area contributed by atoms with Crippen LogP contribution in [0.1, 0.15) is 31.2 Å². The van der Waals surface area contributed by atoms with Gasteiger partial charge in [0.2, 0.25) is 5.91 Å². The molecule has 5 nitrogen and oxygen atoms in total. The fraction of sp³-hybridized carbons (Fsp3) is 0.500. The lowest BCUT2D eigenvalue weighted by atomic mass is 10.1. The molecule has 1 aliphatic rings. The molecule has 2 atom stereocenters. The molecule has 1 amide bonds. The molecule has 1 aromatic rings. The van der Waals surface area contributed by atoms with Crippen LogP contribution in [0, 0.1) is 5.92 Å². The average Bonchev–Trinajstić information content (AvgIpc) is 2.94. The predicted molar refractivity (Wildman–Crippen MR) is 78.2 cm³/mol. The van der Waals surface area contributed by atoms with Crippen molar-refractivity contribution in [2.24, 2.45) is 5.92 Å². The number of aryl methyl sites for hydroxylation is 1. The van der Waals surface area contributed by atoms with Gasteiger partial charge in [-0.1, -0.05) is 18.2 Å². The van der Waals surface area contributed by atoms with Gasteiger partial charge >= 0.3 is 5.97 Å². The van der Waals surface area contributed by atoms with Crippen molar-refractivity contribution in [2.45, 2.75) is 38.1 Å². The highest BCUT2D eigenvalue weighted by Crippen LogP contribution is 2.26. The smallest absolute Gasteiger partial charge is 0.306 e. The van der Waals surface area contributed by atoms with E-state index in [0.717, 1.165) is 17.7 Å². The number of amides is 1. The SMILES string of the molecule is COc1ccccc1CCC(=O)N[C@@H]1CC[C@H](C(=O)O)C1. The van der Waals surface area contributed by atoms with E-state index in [1.165, 1.54) is 0 Å². The Morgan fingerprint density at radius 3 is 2.76 bits per heavy atom. The maximum atomic E-state index is 11.9. The van der Waals surface area contributed by atoms with E-state index in [4.69, 9.17) is 9.84 Å². The van der Waals surface area contributed by atoms with Crippen LogP contribution in [-0.4, -0.2) is 30.1 Å². The fourth-order valence-electron chi connectivity index (χ4n) is 2.79. The van der Waals surface area contributed by atoms with E-state index in [0.29, 0.717) is 25.7 Å². The molecule has 0 bridgehead atoms. The molecule has 0 heterocycles. The van der Waals surface area contributed by atoms with Crippen LogP contribution in [0.25, 0.3) is 0 Å². The molecule has 1 aromatic carbocycles. The molecule has 5 heteroatoms. The lowest BCUT2D eigenvalue weighted by Gasteiger charge is -2.13. The molecular formula is C16H21NO4. The monoisotopic (exact) mass is 291 g/mol. The summed E-state index contributed by atoms with van der Waals surface area (Å²) in [5.74, 6) is -0.320. The lowest BCUT2D eigenvalue weighted by Crippen LogP contribution is -2.33. The topological polar surface area (TPSA) is 75.6 Å². The van der Waals surface area contributed by atoms with E-state index in [2.05, 4.69) is 5.32 Å². The fourth-order valence-corrected chi connectivity index (χ4v) is 2.79. The van der Waals surface area contributed by atoms with E-state index >= 15 is 0 Å². The van der Waals surface area contributed by atoms with Crippen LogP contribution in [0.15, 0.2) is 24.3 Å². The molecule has 0 saturated heterocycles. The van der Waals surface area contributed by atoms with Crippen molar-refractivity contribution in [1.29, 1.82) is 0 Å². The molecule has 0 radical (unpaired) electrons. The number of hydrogen-bond donors (Lipinski definition) is 2. The third-order valence-electron chi connectivity index (χ3n) is 3.96. The number of nitrogens with one attached hydrogen (secondary N) is 1. The molecule has 21 heavy (non-hydrogen) atoms. The first-order valence-electron chi connectivity index (χ1n) is 7.24.